The topological polar surface area (TPSA) is 69.6 Å². The SMILES string of the molecule is Nc1ncnc2c1ncn2CCP(c1ccccc1)c1ccccc1. The lowest BCUT2D eigenvalue weighted by Gasteiger charge is -2.19. The number of aryl methyl sites for hydroxylation is 1. The Hall–Kier alpha value is -2.78. The molecule has 0 aliphatic heterocycles. The van der Waals surface area contributed by atoms with E-state index < -0.39 is 7.92 Å². The first kappa shape index (κ1) is 15.7. The minimum Gasteiger partial charge on any atom is -0.382 e. The number of nitrogens with two attached hydrogens (primary N) is 1. The van der Waals surface area contributed by atoms with Crippen molar-refractivity contribution < 1.29 is 0 Å². The number of benzene rings is 2. The molecule has 0 bridgehead atoms. The van der Waals surface area contributed by atoms with Crippen LogP contribution in [-0.4, -0.2) is 25.7 Å². The number of nitrogens with zero attached hydrogens (tertiary/aromatic N) is 4. The van der Waals surface area contributed by atoms with E-state index in [1.54, 1.807) is 6.33 Å². The second-order valence-electron chi connectivity index (χ2n) is 5.69. The van der Waals surface area contributed by atoms with Crippen molar-refractivity contribution in [2.24, 2.45) is 0 Å². The van der Waals surface area contributed by atoms with Crippen molar-refractivity contribution in [2.45, 2.75) is 6.54 Å². The lowest BCUT2D eigenvalue weighted by atomic mass is 10.4. The van der Waals surface area contributed by atoms with E-state index in [1.807, 2.05) is 0 Å². The van der Waals surface area contributed by atoms with Crippen LogP contribution >= 0.6 is 7.92 Å². The Morgan fingerprint density at radius 1 is 0.840 bits per heavy atom. The minimum absolute atomic E-state index is 0.428. The first-order valence-corrected chi connectivity index (χ1v) is 9.64. The maximum absolute atomic E-state index is 5.88. The monoisotopic (exact) mass is 347 g/mol. The number of anilines is 1. The summed E-state index contributed by atoms with van der Waals surface area (Å²) in [6.07, 6.45) is 4.31. The lowest BCUT2D eigenvalue weighted by Crippen LogP contribution is -2.16. The van der Waals surface area contributed by atoms with Crippen LogP contribution in [0.5, 0.6) is 0 Å². The minimum atomic E-state index is -0.442. The molecule has 0 radical (unpaired) electrons. The second-order valence-corrected chi connectivity index (χ2v) is 8.03. The van der Waals surface area contributed by atoms with Gasteiger partial charge >= 0.3 is 0 Å². The van der Waals surface area contributed by atoms with Gasteiger partial charge in [0.05, 0.1) is 6.33 Å². The first-order valence-electron chi connectivity index (χ1n) is 8.12. The van der Waals surface area contributed by atoms with Crippen molar-refractivity contribution in [3.8, 4) is 0 Å². The van der Waals surface area contributed by atoms with E-state index in [0.717, 1.165) is 18.4 Å². The van der Waals surface area contributed by atoms with Crippen molar-refractivity contribution in [1.82, 2.24) is 19.5 Å². The fourth-order valence-electron chi connectivity index (χ4n) is 2.89. The molecule has 6 heteroatoms. The summed E-state index contributed by atoms with van der Waals surface area (Å²) >= 11 is 0. The zero-order chi connectivity index (χ0) is 17.1. The van der Waals surface area contributed by atoms with E-state index in [2.05, 4.69) is 80.2 Å². The zero-order valence-electron chi connectivity index (χ0n) is 13.7. The molecule has 0 aliphatic carbocycles. The Morgan fingerprint density at radius 3 is 2.12 bits per heavy atom. The van der Waals surface area contributed by atoms with Gasteiger partial charge in [-0.1, -0.05) is 60.7 Å². The van der Waals surface area contributed by atoms with E-state index >= 15 is 0 Å². The highest BCUT2D eigenvalue weighted by Crippen LogP contribution is 2.33. The van der Waals surface area contributed by atoms with Crippen LogP contribution in [0.25, 0.3) is 11.2 Å². The van der Waals surface area contributed by atoms with Crippen LogP contribution in [0.1, 0.15) is 0 Å². The average molecular weight is 347 g/mol. The van der Waals surface area contributed by atoms with Crippen molar-refractivity contribution in [3.63, 3.8) is 0 Å². The van der Waals surface area contributed by atoms with E-state index in [4.69, 9.17) is 5.73 Å². The quantitative estimate of drug-likeness (QED) is 0.563. The fourth-order valence-corrected chi connectivity index (χ4v) is 5.19. The molecule has 0 spiro atoms. The molecule has 25 heavy (non-hydrogen) atoms. The van der Waals surface area contributed by atoms with Gasteiger partial charge in [-0.25, -0.2) is 15.0 Å². The van der Waals surface area contributed by atoms with Crippen LogP contribution in [0.2, 0.25) is 0 Å². The summed E-state index contributed by atoms with van der Waals surface area (Å²) in [5.74, 6) is 0.428. The number of nitrogen functional groups attached to an aromatic ring is 1. The van der Waals surface area contributed by atoms with E-state index in [0.29, 0.717) is 11.3 Å². The van der Waals surface area contributed by atoms with Gasteiger partial charge in [-0.3, -0.25) is 0 Å². The molecule has 0 fully saturated rings. The standard InChI is InChI=1S/C19H18N5P/c20-18-17-19(22-13-21-18)24(14-23-17)11-12-25(15-7-3-1-4-8-15)16-9-5-2-6-10-16/h1-10,13-14H,11-12H2,(H2,20,21,22). The van der Waals surface area contributed by atoms with Crippen molar-refractivity contribution >= 4 is 35.5 Å². The average Bonchev–Trinajstić information content (AvgIpc) is 3.08. The van der Waals surface area contributed by atoms with Crippen LogP contribution in [0.3, 0.4) is 0 Å². The number of hydrogen-bond donors (Lipinski definition) is 1. The smallest absolute Gasteiger partial charge is 0.165 e. The van der Waals surface area contributed by atoms with Gasteiger partial charge in [0.1, 0.15) is 11.8 Å². The summed E-state index contributed by atoms with van der Waals surface area (Å²) in [4.78, 5) is 12.7. The van der Waals surface area contributed by atoms with Crippen molar-refractivity contribution in [1.29, 1.82) is 0 Å². The van der Waals surface area contributed by atoms with Gasteiger partial charge in [0.25, 0.3) is 0 Å². The lowest BCUT2D eigenvalue weighted by molar-refractivity contribution is 0.784. The van der Waals surface area contributed by atoms with E-state index in [9.17, 15) is 0 Å². The van der Waals surface area contributed by atoms with Gasteiger partial charge in [0.2, 0.25) is 0 Å². The molecule has 5 nitrogen and oxygen atoms in total. The van der Waals surface area contributed by atoms with Gasteiger partial charge in [-0.05, 0) is 24.7 Å². The normalized spacial score (nSPS) is 11.2. The number of hydrogen-bond acceptors (Lipinski definition) is 4. The summed E-state index contributed by atoms with van der Waals surface area (Å²) in [6.45, 7) is 0.836. The summed E-state index contributed by atoms with van der Waals surface area (Å²) in [5.41, 5.74) is 7.35. The van der Waals surface area contributed by atoms with Crippen LogP contribution in [0.4, 0.5) is 5.82 Å². The van der Waals surface area contributed by atoms with Crippen LogP contribution < -0.4 is 16.3 Å². The Bertz CT molecular complexity index is 929. The number of rotatable bonds is 5. The molecular formula is C19H18N5P. The maximum Gasteiger partial charge on any atom is 0.165 e. The highest BCUT2D eigenvalue weighted by molar-refractivity contribution is 7.73. The molecule has 2 heterocycles. The predicted molar refractivity (Wildman–Crippen MR) is 104 cm³/mol. The number of imidazole rings is 1. The number of aromatic nitrogens is 4. The molecule has 4 rings (SSSR count). The molecule has 2 N–H and O–H groups in total. The molecule has 4 aromatic rings. The molecule has 0 amide bonds. The summed E-state index contributed by atoms with van der Waals surface area (Å²) in [6, 6.07) is 21.4. The third-order valence-corrected chi connectivity index (χ3v) is 6.62. The van der Waals surface area contributed by atoms with Crippen molar-refractivity contribution in [2.75, 3.05) is 11.9 Å². The Balaban J connectivity index is 1.64. The maximum atomic E-state index is 5.88. The molecule has 0 unspecified atom stereocenters. The van der Waals surface area contributed by atoms with Gasteiger partial charge in [-0.2, -0.15) is 0 Å². The Labute approximate surface area is 147 Å². The molecule has 0 atom stereocenters. The van der Waals surface area contributed by atoms with E-state index in [-0.39, 0.29) is 0 Å². The highest BCUT2D eigenvalue weighted by atomic mass is 31.1. The van der Waals surface area contributed by atoms with Gasteiger partial charge in [0.15, 0.2) is 11.5 Å². The number of fused-ring (bicyclic) bond motifs is 1. The third-order valence-electron chi connectivity index (χ3n) is 4.13. The van der Waals surface area contributed by atoms with E-state index in [1.165, 1.54) is 16.9 Å². The van der Waals surface area contributed by atoms with Crippen LogP contribution in [0, 0.1) is 0 Å². The Kier molecular flexibility index (Phi) is 4.40. The summed E-state index contributed by atoms with van der Waals surface area (Å²) in [7, 11) is -0.442. The van der Waals surface area contributed by atoms with Gasteiger partial charge in [0, 0.05) is 6.54 Å². The highest BCUT2D eigenvalue weighted by Gasteiger charge is 2.15. The van der Waals surface area contributed by atoms with Crippen LogP contribution in [-0.2, 0) is 6.54 Å². The molecule has 124 valence electrons. The molecule has 0 aliphatic rings. The molecule has 2 aromatic heterocycles. The largest absolute Gasteiger partial charge is 0.382 e. The van der Waals surface area contributed by atoms with Crippen LogP contribution in [0.15, 0.2) is 73.3 Å². The Morgan fingerprint density at radius 2 is 1.48 bits per heavy atom. The molecule has 2 aromatic carbocycles. The summed E-state index contributed by atoms with van der Waals surface area (Å²) < 4.78 is 2.06. The zero-order valence-corrected chi connectivity index (χ0v) is 14.6. The van der Waals surface area contributed by atoms with Gasteiger partial charge in [-0.15, -0.1) is 0 Å². The van der Waals surface area contributed by atoms with Gasteiger partial charge < -0.3 is 10.3 Å². The second kappa shape index (κ2) is 6.99. The first-order chi connectivity index (χ1) is 12.3. The molecule has 0 saturated heterocycles. The predicted octanol–water partition coefficient (Wildman–Crippen LogP) is 2.54. The molecule has 0 saturated carbocycles. The molecular weight excluding hydrogens is 329 g/mol. The van der Waals surface area contributed by atoms with Crippen molar-refractivity contribution in [3.05, 3.63) is 73.3 Å². The third kappa shape index (κ3) is 3.24. The summed E-state index contributed by atoms with van der Waals surface area (Å²) in [5, 5.41) is 2.75. The fraction of sp³-hybridized carbons (Fsp3) is 0.105.